The lowest BCUT2D eigenvalue weighted by Crippen LogP contribution is -2.18. The summed E-state index contributed by atoms with van der Waals surface area (Å²) in [4.78, 5) is 22.7. The van der Waals surface area contributed by atoms with Gasteiger partial charge in [-0.1, -0.05) is 68.1 Å². The van der Waals surface area contributed by atoms with Crippen molar-refractivity contribution in [2.45, 2.75) is 65.1 Å². The predicted octanol–water partition coefficient (Wildman–Crippen LogP) is 7.42. The molecule has 1 heterocycles. The number of carbonyl (C=O) groups is 1. The number of aromatic nitrogens is 2. The van der Waals surface area contributed by atoms with Crippen molar-refractivity contribution in [2.75, 3.05) is 5.32 Å². The fourth-order valence-electron chi connectivity index (χ4n) is 5.08. The van der Waals surface area contributed by atoms with E-state index >= 15 is 0 Å². The Hall–Kier alpha value is -4.19. The quantitative estimate of drug-likeness (QED) is 0.216. The summed E-state index contributed by atoms with van der Waals surface area (Å²) < 4.78 is 11.6. The zero-order valence-electron chi connectivity index (χ0n) is 23.3. The number of carbonyl (C=O) groups excluding carboxylic acids is 1. The van der Waals surface area contributed by atoms with Crippen LogP contribution < -0.4 is 14.8 Å². The standard InChI is InChI=1S/C34H37N3O3/c1-24(2)40-30-18-14-28(15-19-30)32-22-35-34(31(36-32)20-25-8-6-7-9-25)37-33(38)21-26-12-16-29(17-13-26)39-23-27-10-4-3-5-11-27/h3-5,10-19,22,24-25H,6-9,20-21,23H2,1-2H3,(H,35,37,38). The summed E-state index contributed by atoms with van der Waals surface area (Å²) in [6.07, 6.45) is 7.83. The van der Waals surface area contributed by atoms with Gasteiger partial charge in [-0.2, -0.15) is 0 Å². The zero-order chi connectivity index (χ0) is 27.7. The maximum atomic E-state index is 13.0. The van der Waals surface area contributed by atoms with E-state index in [1.54, 1.807) is 6.20 Å². The second-order valence-electron chi connectivity index (χ2n) is 10.7. The van der Waals surface area contributed by atoms with Gasteiger partial charge in [0.25, 0.3) is 0 Å². The molecular formula is C34H37N3O3. The van der Waals surface area contributed by atoms with E-state index in [0.29, 0.717) is 18.3 Å². The van der Waals surface area contributed by atoms with Crippen LogP contribution in [0, 0.1) is 5.92 Å². The van der Waals surface area contributed by atoms with Crippen LogP contribution in [-0.2, 0) is 24.2 Å². The molecule has 1 saturated carbocycles. The summed E-state index contributed by atoms with van der Waals surface area (Å²) in [5, 5.41) is 3.04. The molecule has 1 aromatic heterocycles. The van der Waals surface area contributed by atoms with Gasteiger partial charge < -0.3 is 14.8 Å². The molecule has 0 bridgehead atoms. The van der Waals surface area contributed by atoms with Crippen LogP contribution in [0.3, 0.4) is 0 Å². The molecular weight excluding hydrogens is 498 g/mol. The Bertz CT molecular complexity index is 1380. The lowest BCUT2D eigenvalue weighted by molar-refractivity contribution is -0.115. The number of hydrogen-bond acceptors (Lipinski definition) is 5. The summed E-state index contributed by atoms with van der Waals surface area (Å²) in [6.45, 7) is 4.53. The summed E-state index contributed by atoms with van der Waals surface area (Å²) in [6, 6.07) is 25.7. The first-order valence-corrected chi connectivity index (χ1v) is 14.2. The molecule has 6 nitrogen and oxygen atoms in total. The van der Waals surface area contributed by atoms with Gasteiger partial charge in [0, 0.05) is 5.56 Å². The van der Waals surface area contributed by atoms with Crippen molar-refractivity contribution in [2.24, 2.45) is 5.92 Å². The Morgan fingerprint density at radius 3 is 2.30 bits per heavy atom. The summed E-state index contributed by atoms with van der Waals surface area (Å²) in [5.74, 6) is 2.63. The van der Waals surface area contributed by atoms with E-state index in [9.17, 15) is 4.79 Å². The maximum Gasteiger partial charge on any atom is 0.229 e. The number of nitrogens with zero attached hydrogens (tertiary/aromatic N) is 2. The first-order valence-electron chi connectivity index (χ1n) is 14.2. The first-order chi connectivity index (χ1) is 19.5. The molecule has 1 aliphatic carbocycles. The van der Waals surface area contributed by atoms with Crippen LogP contribution in [0.4, 0.5) is 5.82 Å². The second-order valence-corrected chi connectivity index (χ2v) is 10.7. The van der Waals surface area contributed by atoms with Crippen molar-refractivity contribution < 1.29 is 14.3 Å². The minimum Gasteiger partial charge on any atom is -0.491 e. The molecule has 40 heavy (non-hydrogen) atoms. The van der Waals surface area contributed by atoms with Crippen LogP contribution >= 0.6 is 0 Å². The molecule has 1 amide bonds. The highest BCUT2D eigenvalue weighted by Gasteiger charge is 2.20. The minimum atomic E-state index is -0.108. The lowest BCUT2D eigenvalue weighted by Gasteiger charge is -2.15. The van der Waals surface area contributed by atoms with Crippen molar-refractivity contribution in [1.29, 1.82) is 0 Å². The molecule has 6 heteroatoms. The van der Waals surface area contributed by atoms with Crippen molar-refractivity contribution in [3.63, 3.8) is 0 Å². The molecule has 0 unspecified atom stereocenters. The minimum absolute atomic E-state index is 0.108. The SMILES string of the molecule is CC(C)Oc1ccc(-c2cnc(NC(=O)Cc3ccc(OCc4ccccc4)cc3)c(CC3CCCC3)n2)cc1. The molecule has 0 radical (unpaired) electrons. The van der Waals surface area contributed by atoms with Crippen LogP contribution in [0.15, 0.2) is 85.1 Å². The van der Waals surface area contributed by atoms with Crippen LogP contribution in [0.25, 0.3) is 11.3 Å². The second kappa shape index (κ2) is 13.2. The summed E-state index contributed by atoms with van der Waals surface area (Å²) in [7, 11) is 0. The first kappa shape index (κ1) is 27.4. The number of amides is 1. The Labute approximate surface area is 236 Å². The number of anilines is 1. The Balaban J connectivity index is 1.25. The number of hydrogen-bond donors (Lipinski definition) is 1. The van der Waals surface area contributed by atoms with Gasteiger partial charge in [-0.05, 0) is 73.7 Å². The highest BCUT2D eigenvalue weighted by Crippen LogP contribution is 2.30. The maximum absolute atomic E-state index is 13.0. The summed E-state index contributed by atoms with van der Waals surface area (Å²) >= 11 is 0. The highest BCUT2D eigenvalue weighted by atomic mass is 16.5. The number of rotatable bonds is 11. The number of nitrogens with one attached hydrogen (secondary N) is 1. The van der Waals surface area contributed by atoms with E-state index in [0.717, 1.165) is 46.0 Å². The third-order valence-corrected chi connectivity index (χ3v) is 7.12. The largest absolute Gasteiger partial charge is 0.491 e. The average Bonchev–Trinajstić information content (AvgIpc) is 3.47. The smallest absolute Gasteiger partial charge is 0.229 e. The van der Waals surface area contributed by atoms with Crippen LogP contribution in [0.1, 0.15) is 56.4 Å². The third-order valence-electron chi connectivity index (χ3n) is 7.12. The molecule has 1 aliphatic rings. The van der Waals surface area contributed by atoms with E-state index in [1.807, 2.05) is 92.7 Å². The van der Waals surface area contributed by atoms with Gasteiger partial charge in [0.15, 0.2) is 5.82 Å². The van der Waals surface area contributed by atoms with Gasteiger partial charge in [0.1, 0.15) is 18.1 Å². The van der Waals surface area contributed by atoms with E-state index < -0.39 is 0 Å². The Morgan fingerprint density at radius 2 is 1.60 bits per heavy atom. The fraction of sp³-hybridized carbons (Fsp3) is 0.324. The van der Waals surface area contributed by atoms with Crippen LogP contribution in [0.5, 0.6) is 11.5 Å². The molecule has 0 spiro atoms. The van der Waals surface area contributed by atoms with Gasteiger partial charge >= 0.3 is 0 Å². The number of benzene rings is 3. The third kappa shape index (κ3) is 7.69. The molecule has 206 valence electrons. The lowest BCUT2D eigenvalue weighted by atomic mass is 10.0. The Kier molecular flexibility index (Phi) is 9.07. The van der Waals surface area contributed by atoms with Gasteiger partial charge in [0.2, 0.25) is 5.91 Å². The van der Waals surface area contributed by atoms with Crippen molar-refractivity contribution in [3.8, 4) is 22.8 Å². The molecule has 5 rings (SSSR count). The van der Waals surface area contributed by atoms with Gasteiger partial charge in [-0.25, -0.2) is 9.97 Å². The van der Waals surface area contributed by atoms with Crippen molar-refractivity contribution in [1.82, 2.24) is 9.97 Å². The molecule has 1 fully saturated rings. The molecule has 0 atom stereocenters. The average molecular weight is 536 g/mol. The van der Waals surface area contributed by atoms with Crippen LogP contribution in [-0.4, -0.2) is 22.0 Å². The number of ether oxygens (including phenoxy) is 2. The normalized spacial score (nSPS) is 13.4. The Morgan fingerprint density at radius 1 is 0.900 bits per heavy atom. The van der Waals surface area contributed by atoms with Gasteiger partial charge in [0.05, 0.1) is 30.1 Å². The fourth-order valence-corrected chi connectivity index (χ4v) is 5.08. The van der Waals surface area contributed by atoms with E-state index in [4.69, 9.17) is 14.5 Å². The van der Waals surface area contributed by atoms with E-state index in [-0.39, 0.29) is 18.4 Å². The van der Waals surface area contributed by atoms with Gasteiger partial charge in [-0.3, -0.25) is 4.79 Å². The molecule has 1 N–H and O–H groups in total. The summed E-state index contributed by atoms with van der Waals surface area (Å²) in [5.41, 5.74) is 4.65. The van der Waals surface area contributed by atoms with Crippen molar-refractivity contribution in [3.05, 3.63) is 102 Å². The van der Waals surface area contributed by atoms with Crippen molar-refractivity contribution >= 4 is 11.7 Å². The molecule has 0 saturated heterocycles. The predicted molar refractivity (Wildman–Crippen MR) is 158 cm³/mol. The van der Waals surface area contributed by atoms with Gasteiger partial charge in [-0.15, -0.1) is 0 Å². The van der Waals surface area contributed by atoms with Crippen LogP contribution in [0.2, 0.25) is 0 Å². The van der Waals surface area contributed by atoms with E-state index in [1.165, 1.54) is 25.7 Å². The monoisotopic (exact) mass is 535 g/mol. The molecule has 3 aromatic carbocycles. The highest BCUT2D eigenvalue weighted by molar-refractivity contribution is 5.92. The topological polar surface area (TPSA) is 73.3 Å². The zero-order valence-corrected chi connectivity index (χ0v) is 23.3. The molecule has 0 aliphatic heterocycles. The molecule has 4 aromatic rings. The van der Waals surface area contributed by atoms with E-state index in [2.05, 4.69) is 10.3 Å².